The lowest BCUT2D eigenvalue weighted by atomic mass is 9.51. The van der Waals surface area contributed by atoms with Crippen molar-refractivity contribution in [2.75, 3.05) is 0 Å². The Bertz CT molecular complexity index is 643. The maximum atomic E-state index is 11.9. The summed E-state index contributed by atoms with van der Waals surface area (Å²) in [6.45, 7) is 8.60. The van der Waals surface area contributed by atoms with Crippen molar-refractivity contribution in [3.8, 4) is 0 Å². The van der Waals surface area contributed by atoms with Gasteiger partial charge in [0.2, 0.25) is 0 Å². The van der Waals surface area contributed by atoms with Gasteiger partial charge in [-0.25, -0.2) is 0 Å². The SMILES string of the molecule is CC(C)c1ccc2c(c1)C=C[C@H]1[C@](C)(C(=O)O)CCC[C@]21C. The fraction of sp³-hybridized carbons (Fsp3) is 0.550. The first-order valence-corrected chi connectivity index (χ1v) is 8.35. The minimum absolute atomic E-state index is 0.0645. The average molecular weight is 298 g/mol. The van der Waals surface area contributed by atoms with E-state index in [1.807, 2.05) is 6.92 Å². The smallest absolute Gasteiger partial charge is 0.309 e. The number of rotatable bonds is 2. The lowest BCUT2D eigenvalue weighted by molar-refractivity contribution is -0.154. The molecule has 2 aliphatic carbocycles. The van der Waals surface area contributed by atoms with E-state index < -0.39 is 11.4 Å². The summed E-state index contributed by atoms with van der Waals surface area (Å²) in [5.74, 6) is -0.0705. The number of allylic oxidation sites excluding steroid dienone is 1. The Labute approximate surface area is 133 Å². The molecule has 0 amide bonds. The molecule has 2 aliphatic rings. The summed E-state index contributed by atoms with van der Waals surface area (Å²) in [7, 11) is 0. The van der Waals surface area contributed by atoms with E-state index in [1.165, 1.54) is 16.7 Å². The first-order valence-electron chi connectivity index (χ1n) is 8.35. The molecule has 2 nitrogen and oxygen atoms in total. The van der Waals surface area contributed by atoms with Crippen molar-refractivity contribution in [3.05, 3.63) is 41.0 Å². The van der Waals surface area contributed by atoms with Crippen molar-refractivity contribution in [2.45, 2.75) is 58.3 Å². The zero-order valence-electron chi connectivity index (χ0n) is 14.0. The summed E-state index contributed by atoms with van der Waals surface area (Å²) >= 11 is 0. The number of hydrogen-bond acceptors (Lipinski definition) is 1. The Kier molecular flexibility index (Phi) is 3.47. The van der Waals surface area contributed by atoms with E-state index >= 15 is 0 Å². The molecule has 1 N–H and O–H groups in total. The normalized spacial score (nSPS) is 33.4. The molecule has 22 heavy (non-hydrogen) atoms. The zero-order chi connectivity index (χ0) is 16.1. The van der Waals surface area contributed by atoms with E-state index in [0.717, 1.165) is 19.3 Å². The molecule has 0 spiro atoms. The Hall–Kier alpha value is -1.57. The van der Waals surface area contributed by atoms with Gasteiger partial charge in [-0.05, 0) is 42.4 Å². The third-order valence-corrected chi connectivity index (χ3v) is 6.08. The first-order chi connectivity index (χ1) is 10.3. The van der Waals surface area contributed by atoms with Gasteiger partial charge in [-0.2, -0.15) is 0 Å². The predicted octanol–water partition coefficient (Wildman–Crippen LogP) is 4.99. The molecular weight excluding hydrogens is 272 g/mol. The molecule has 2 heteroatoms. The maximum Gasteiger partial charge on any atom is 0.309 e. The molecule has 118 valence electrons. The van der Waals surface area contributed by atoms with Gasteiger partial charge >= 0.3 is 5.97 Å². The number of aliphatic carboxylic acids is 1. The van der Waals surface area contributed by atoms with Gasteiger partial charge < -0.3 is 5.11 Å². The lowest BCUT2D eigenvalue weighted by Crippen LogP contribution is -2.50. The first kappa shape index (κ1) is 15.3. The van der Waals surface area contributed by atoms with E-state index in [9.17, 15) is 9.90 Å². The molecule has 3 rings (SSSR count). The van der Waals surface area contributed by atoms with Gasteiger partial charge in [0.05, 0.1) is 5.41 Å². The molecule has 0 unspecified atom stereocenters. The third kappa shape index (κ3) is 2.04. The van der Waals surface area contributed by atoms with Gasteiger partial charge in [0.25, 0.3) is 0 Å². The zero-order valence-corrected chi connectivity index (χ0v) is 14.0. The number of carboxylic acid groups (broad SMARTS) is 1. The third-order valence-electron chi connectivity index (χ3n) is 6.08. The lowest BCUT2D eigenvalue weighted by Gasteiger charge is -2.51. The topological polar surface area (TPSA) is 37.3 Å². The van der Waals surface area contributed by atoms with Crippen LogP contribution in [0.1, 0.15) is 69.6 Å². The molecule has 1 aromatic rings. The molecule has 1 saturated carbocycles. The van der Waals surface area contributed by atoms with Crippen LogP contribution in [-0.2, 0) is 10.2 Å². The highest BCUT2D eigenvalue weighted by Crippen LogP contribution is 2.56. The number of hydrogen-bond donors (Lipinski definition) is 1. The van der Waals surface area contributed by atoms with Crippen LogP contribution in [0.5, 0.6) is 0 Å². The molecule has 0 saturated heterocycles. The molecular formula is C20H26O2. The second-order valence-corrected chi connectivity index (χ2v) is 7.83. The monoisotopic (exact) mass is 298 g/mol. The van der Waals surface area contributed by atoms with Gasteiger partial charge in [0, 0.05) is 11.3 Å². The fourth-order valence-corrected chi connectivity index (χ4v) is 4.60. The summed E-state index contributed by atoms with van der Waals surface area (Å²) in [5.41, 5.74) is 3.24. The van der Waals surface area contributed by atoms with Crippen LogP contribution in [0.2, 0.25) is 0 Å². The number of fused-ring (bicyclic) bond motifs is 3. The van der Waals surface area contributed by atoms with Crippen LogP contribution in [0.15, 0.2) is 24.3 Å². The van der Waals surface area contributed by atoms with E-state index in [4.69, 9.17) is 0 Å². The van der Waals surface area contributed by atoms with Crippen LogP contribution >= 0.6 is 0 Å². The van der Waals surface area contributed by atoms with Crippen molar-refractivity contribution in [1.29, 1.82) is 0 Å². The second kappa shape index (κ2) is 4.97. The van der Waals surface area contributed by atoms with E-state index in [2.05, 4.69) is 51.1 Å². The second-order valence-electron chi connectivity index (χ2n) is 7.83. The van der Waals surface area contributed by atoms with Crippen molar-refractivity contribution >= 4 is 12.0 Å². The largest absolute Gasteiger partial charge is 0.481 e. The molecule has 1 aromatic carbocycles. The summed E-state index contributed by atoms with van der Waals surface area (Å²) in [6, 6.07) is 6.75. The fourth-order valence-electron chi connectivity index (χ4n) is 4.60. The molecule has 1 fully saturated rings. The van der Waals surface area contributed by atoms with Crippen LogP contribution in [-0.4, -0.2) is 11.1 Å². The Morgan fingerprint density at radius 3 is 2.64 bits per heavy atom. The number of carbonyl (C=O) groups is 1. The van der Waals surface area contributed by atoms with Crippen LogP contribution in [0.25, 0.3) is 6.08 Å². The van der Waals surface area contributed by atoms with Gasteiger partial charge in [0.15, 0.2) is 0 Å². The molecule has 0 heterocycles. The van der Waals surface area contributed by atoms with Gasteiger partial charge in [-0.15, -0.1) is 0 Å². The van der Waals surface area contributed by atoms with Crippen LogP contribution in [0, 0.1) is 11.3 Å². The van der Waals surface area contributed by atoms with Crippen LogP contribution in [0.3, 0.4) is 0 Å². The van der Waals surface area contributed by atoms with Gasteiger partial charge in [-0.3, -0.25) is 4.79 Å². The Balaban J connectivity index is 2.12. The van der Waals surface area contributed by atoms with Gasteiger partial charge in [-0.1, -0.05) is 57.5 Å². The quantitative estimate of drug-likeness (QED) is 0.835. The maximum absolute atomic E-state index is 11.9. The molecule has 0 radical (unpaired) electrons. The van der Waals surface area contributed by atoms with Crippen molar-refractivity contribution in [2.24, 2.45) is 11.3 Å². The van der Waals surface area contributed by atoms with Crippen LogP contribution < -0.4 is 0 Å². The van der Waals surface area contributed by atoms with Crippen molar-refractivity contribution in [1.82, 2.24) is 0 Å². The molecule has 0 bridgehead atoms. The Morgan fingerprint density at radius 1 is 1.27 bits per heavy atom. The summed E-state index contributed by atoms with van der Waals surface area (Å²) < 4.78 is 0. The molecule has 3 atom stereocenters. The standard InChI is InChI=1S/C20H26O2/c1-13(2)14-6-8-16-15(12-14)7-9-17-19(16,3)10-5-11-20(17,4)18(21)22/h6-9,12-13,17H,5,10-11H2,1-4H3,(H,21,22)/t17-,19-,20-/m1/s1. The summed E-state index contributed by atoms with van der Waals surface area (Å²) in [5, 5.41) is 9.78. The number of carboxylic acids is 1. The van der Waals surface area contributed by atoms with Crippen molar-refractivity contribution < 1.29 is 9.90 Å². The molecule has 0 aliphatic heterocycles. The average Bonchev–Trinajstić information content (AvgIpc) is 2.46. The minimum atomic E-state index is -0.657. The predicted molar refractivity (Wildman–Crippen MR) is 90.0 cm³/mol. The van der Waals surface area contributed by atoms with E-state index in [-0.39, 0.29) is 11.3 Å². The summed E-state index contributed by atoms with van der Waals surface area (Å²) in [4.78, 5) is 11.9. The van der Waals surface area contributed by atoms with Gasteiger partial charge in [0.1, 0.15) is 0 Å². The van der Waals surface area contributed by atoms with Crippen LogP contribution in [0.4, 0.5) is 0 Å². The molecule has 0 aromatic heterocycles. The summed E-state index contributed by atoms with van der Waals surface area (Å²) in [6.07, 6.45) is 7.14. The highest BCUT2D eigenvalue weighted by molar-refractivity contribution is 5.77. The minimum Gasteiger partial charge on any atom is -0.481 e. The van der Waals surface area contributed by atoms with E-state index in [0.29, 0.717) is 5.92 Å². The highest BCUT2D eigenvalue weighted by Gasteiger charge is 2.53. The number of benzene rings is 1. The van der Waals surface area contributed by atoms with Crippen molar-refractivity contribution in [3.63, 3.8) is 0 Å². The Morgan fingerprint density at radius 2 is 2.00 bits per heavy atom. The highest BCUT2D eigenvalue weighted by atomic mass is 16.4. The van der Waals surface area contributed by atoms with E-state index in [1.54, 1.807) is 0 Å².